The van der Waals surface area contributed by atoms with E-state index in [2.05, 4.69) is 24.9 Å². The maximum Gasteiger partial charge on any atom is 0.240 e. The molecule has 0 amide bonds. The number of aromatic nitrogens is 3. The molecule has 0 atom stereocenters. The Bertz CT molecular complexity index is 892. The van der Waals surface area contributed by atoms with Crippen molar-refractivity contribution >= 4 is 16.6 Å². The number of methoxy groups -OCH3 is 1. The maximum absolute atomic E-state index is 13.4. The molecule has 1 aliphatic rings. The number of hydrogen-bond donors (Lipinski definition) is 0. The lowest BCUT2D eigenvalue weighted by Crippen LogP contribution is -2.46. The van der Waals surface area contributed by atoms with Gasteiger partial charge in [0.2, 0.25) is 5.89 Å². The molecule has 3 aromatic rings. The average Bonchev–Trinajstić information content (AvgIpc) is 3.09. The van der Waals surface area contributed by atoms with Gasteiger partial charge in [0.1, 0.15) is 12.4 Å². The van der Waals surface area contributed by atoms with E-state index in [1.807, 2.05) is 6.07 Å². The number of ether oxygens (including phenoxy) is 1. The number of halogens is 1. The van der Waals surface area contributed by atoms with Crippen LogP contribution in [0.4, 0.5) is 10.1 Å². The molecule has 0 bridgehead atoms. The SMILES string of the molecule is COCc1noc(CN2CCN(c3ccnc4cc(F)ccc34)CC2)n1. The van der Waals surface area contributed by atoms with Crippen LogP contribution in [0.1, 0.15) is 11.7 Å². The fourth-order valence-electron chi connectivity index (χ4n) is 3.26. The Kier molecular flexibility index (Phi) is 4.77. The van der Waals surface area contributed by atoms with Crippen molar-refractivity contribution in [1.82, 2.24) is 20.0 Å². The summed E-state index contributed by atoms with van der Waals surface area (Å²) < 4.78 is 23.7. The van der Waals surface area contributed by atoms with E-state index < -0.39 is 0 Å². The Labute approximate surface area is 150 Å². The average molecular weight is 357 g/mol. The number of rotatable bonds is 5. The van der Waals surface area contributed by atoms with Crippen molar-refractivity contribution < 1.29 is 13.7 Å². The largest absolute Gasteiger partial charge is 0.377 e. The molecule has 26 heavy (non-hydrogen) atoms. The Morgan fingerprint density at radius 2 is 2.04 bits per heavy atom. The molecular weight excluding hydrogens is 337 g/mol. The van der Waals surface area contributed by atoms with E-state index in [1.54, 1.807) is 19.4 Å². The molecule has 3 heterocycles. The minimum atomic E-state index is -0.264. The number of nitrogens with zero attached hydrogens (tertiary/aromatic N) is 5. The van der Waals surface area contributed by atoms with E-state index in [1.165, 1.54) is 12.1 Å². The molecule has 0 saturated carbocycles. The van der Waals surface area contributed by atoms with E-state index >= 15 is 0 Å². The topological polar surface area (TPSA) is 67.5 Å². The highest BCUT2D eigenvalue weighted by Crippen LogP contribution is 2.27. The molecule has 4 rings (SSSR count). The van der Waals surface area contributed by atoms with Crippen molar-refractivity contribution in [2.45, 2.75) is 13.2 Å². The van der Waals surface area contributed by atoms with Crippen LogP contribution >= 0.6 is 0 Å². The lowest BCUT2D eigenvalue weighted by atomic mass is 10.1. The van der Waals surface area contributed by atoms with Gasteiger partial charge in [0.15, 0.2) is 5.82 Å². The Morgan fingerprint density at radius 3 is 2.85 bits per heavy atom. The molecule has 2 aromatic heterocycles. The van der Waals surface area contributed by atoms with E-state index in [0.717, 1.165) is 37.3 Å². The van der Waals surface area contributed by atoms with Crippen LogP contribution in [-0.2, 0) is 17.9 Å². The van der Waals surface area contributed by atoms with E-state index in [9.17, 15) is 4.39 Å². The van der Waals surface area contributed by atoms with Crippen LogP contribution in [-0.4, -0.2) is 53.3 Å². The van der Waals surface area contributed by atoms with Gasteiger partial charge in [0.25, 0.3) is 0 Å². The Morgan fingerprint density at radius 1 is 1.19 bits per heavy atom. The molecular formula is C18H20FN5O2. The van der Waals surface area contributed by atoms with Crippen LogP contribution in [0.2, 0.25) is 0 Å². The lowest BCUT2D eigenvalue weighted by molar-refractivity contribution is 0.174. The van der Waals surface area contributed by atoms with Gasteiger partial charge in [-0.15, -0.1) is 0 Å². The molecule has 1 saturated heterocycles. The van der Waals surface area contributed by atoms with Crippen molar-refractivity contribution in [3.05, 3.63) is 48.0 Å². The molecule has 7 nitrogen and oxygen atoms in total. The van der Waals surface area contributed by atoms with Crippen molar-refractivity contribution in [3.8, 4) is 0 Å². The summed E-state index contributed by atoms with van der Waals surface area (Å²) in [4.78, 5) is 13.2. The quantitative estimate of drug-likeness (QED) is 0.693. The zero-order chi connectivity index (χ0) is 17.9. The minimum absolute atomic E-state index is 0.264. The molecule has 0 aliphatic carbocycles. The number of anilines is 1. The number of piperazine rings is 1. The molecule has 1 aliphatic heterocycles. The van der Waals surface area contributed by atoms with Crippen LogP contribution < -0.4 is 4.90 Å². The first kappa shape index (κ1) is 16.9. The number of fused-ring (bicyclic) bond motifs is 1. The summed E-state index contributed by atoms with van der Waals surface area (Å²) in [5, 5.41) is 4.86. The van der Waals surface area contributed by atoms with E-state index in [0.29, 0.717) is 30.4 Å². The molecule has 1 fully saturated rings. The van der Waals surface area contributed by atoms with Gasteiger partial charge in [0, 0.05) is 56.6 Å². The number of hydrogen-bond acceptors (Lipinski definition) is 7. The second-order valence-corrected chi connectivity index (χ2v) is 6.29. The van der Waals surface area contributed by atoms with Crippen molar-refractivity contribution in [2.75, 3.05) is 38.2 Å². The van der Waals surface area contributed by atoms with Crippen LogP contribution in [0.25, 0.3) is 10.9 Å². The monoisotopic (exact) mass is 357 g/mol. The van der Waals surface area contributed by atoms with Gasteiger partial charge in [0.05, 0.1) is 12.1 Å². The third-order valence-electron chi connectivity index (χ3n) is 4.54. The molecule has 8 heteroatoms. The fourth-order valence-corrected chi connectivity index (χ4v) is 3.26. The summed E-state index contributed by atoms with van der Waals surface area (Å²) in [6.45, 7) is 4.49. The summed E-state index contributed by atoms with van der Waals surface area (Å²) in [6.07, 6.45) is 1.74. The first-order valence-corrected chi connectivity index (χ1v) is 8.55. The van der Waals surface area contributed by atoms with Gasteiger partial charge in [-0.1, -0.05) is 5.16 Å². The van der Waals surface area contributed by atoms with Gasteiger partial charge in [-0.3, -0.25) is 9.88 Å². The molecule has 0 radical (unpaired) electrons. The fraction of sp³-hybridized carbons (Fsp3) is 0.389. The van der Waals surface area contributed by atoms with Crippen LogP contribution in [0.15, 0.2) is 35.0 Å². The third kappa shape index (κ3) is 3.51. The standard InChI is InChI=1S/C18H20FN5O2/c1-25-12-17-21-18(26-22-17)11-23-6-8-24(9-7-23)16-4-5-20-15-10-13(19)2-3-14(15)16/h2-5,10H,6-9,11-12H2,1H3. The number of pyridine rings is 1. The van der Waals surface area contributed by atoms with Gasteiger partial charge >= 0.3 is 0 Å². The van der Waals surface area contributed by atoms with Crippen LogP contribution in [0.5, 0.6) is 0 Å². The summed E-state index contributed by atoms with van der Waals surface area (Å²) in [7, 11) is 1.60. The van der Waals surface area contributed by atoms with Crippen LogP contribution in [0.3, 0.4) is 0 Å². The van der Waals surface area contributed by atoms with Gasteiger partial charge < -0.3 is 14.2 Å². The minimum Gasteiger partial charge on any atom is -0.377 e. The molecule has 1 aromatic carbocycles. The molecule has 0 unspecified atom stereocenters. The van der Waals surface area contributed by atoms with Gasteiger partial charge in [-0.2, -0.15) is 4.98 Å². The highest BCUT2D eigenvalue weighted by molar-refractivity contribution is 5.91. The zero-order valence-electron chi connectivity index (χ0n) is 14.6. The lowest BCUT2D eigenvalue weighted by Gasteiger charge is -2.35. The van der Waals surface area contributed by atoms with Crippen molar-refractivity contribution in [1.29, 1.82) is 0 Å². The van der Waals surface area contributed by atoms with Crippen LogP contribution in [0, 0.1) is 5.82 Å². The first-order chi connectivity index (χ1) is 12.7. The zero-order valence-corrected chi connectivity index (χ0v) is 14.6. The highest BCUT2D eigenvalue weighted by atomic mass is 19.1. The van der Waals surface area contributed by atoms with E-state index in [-0.39, 0.29) is 5.82 Å². The van der Waals surface area contributed by atoms with Crippen molar-refractivity contribution in [3.63, 3.8) is 0 Å². The molecule has 0 spiro atoms. The predicted molar refractivity (Wildman–Crippen MR) is 94.2 cm³/mol. The number of benzene rings is 1. The predicted octanol–water partition coefficient (Wildman–Crippen LogP) is 2.23. The normalized spacial score (nSPS) is 15.7. The van der Waals surface area contributed by atoms with Gasteiger partial charge in [-0.05, 0) is 18.2 Å². The molecule has 136 valence electrons. The Hall–Kier alpha value is -2.58. The summed E-state index contributed by atoms with van der Waals surface area (Å²) in [5.41, 5.74) is 1.77. The van der Waals surface area contributed by atoms with E-state index in [4.69, 9.17) is 9.26 Å². The third-order valence-corrected chi connectivity index (χ3v) is 4.54. The summed E-state index contributed by atoms with van der Waals surface area (Å²) >= 11 is 0. The van der Waals surface area contributed by atoms with Gasteiger partial charge in [-0.25, -0.2) is 4.39 Å². The molecule has 0 N–H and O–H groups in total. The second-order valence-electron chi connectivity index (χ2n) is 6.29. The summed E-state index contributed by atoms with van der Waals surface area (Å²) in [5.74, 6) is 0.909. The maximum atomic E-state index is 13.4. The van der Waals surface area contributed by atoms with Crippen molar-refractivity contribution in [2.24, 2.45) is 0 Å². The highest BCUT2D eigenvalue weighted by Gasteiger charge is 2.21. The Balaban J connectivity index is 1.42. The summed E-state index contributed by atoms with van der Waals surface area (Å²) in [6, 6.07) is 6.75. The second kappa shape index (κ2) is 7.35. The first-order valence-electron chi connectivity index (χ1n) is 8.55. The smallest absolute Gasteiger partial charge is 0.240 e.